The molecule has 2 aromatic rings. The number of carbonyl (C=O) groups excluding carboxylic acids is 1. The summed E-state index contributed by atoms with van der Waals surface area (Å²) in [5.41, 5.74) is 0.615. The highest BCUT2D eigenvalue weighted by Gasteiger charge is 2.29. The van der Waals surface area contributed by atoms with E-state index in [1.807, 2.05) is 18.2 Å². The third-order valence-corrected chi connectivity index (χ3v) is 5.18. The van der Waals surface area contributed by atoms with Crippen molar-refractivity contribution < 1.29 is 9.90 Å². The van der Waals surface area contributed by atoms with Gasteiger partial charge in [-0.2, -0.15) is 0 Å². The van der Waals surface area contributed by atoms with E-state index in [-0.39, 0.29) is 5.78 Å². The minimum Gasteiger partial charge on any atom is -0.390 e. The Bertz CT molecular complexity index is 706. The topological polar surface area (TPSA) is 50.2 Å². The van der Waals surface area contributed by atoms with E-state index in [9.17, 15) is 9.90 Å². The molecule has 23 heavy (non-hydrogen) atoms. The lowest BCUT2D eigenvalue weighted by atomic mass is 9.87. The molecule has 122 valence electrons. The van der Waals surface area contributed by atoms with Gasteiger partial charge in [-0.05, 0) is 37.5 Å². The average Bonchev–Trinajstić information content (AvgIpc) is 2.78. The van der Waals surface area contributed by atoms with Crippen LogP contribution in [0.3, 0.4) is 0 Å². The molecular weight excluding hydrogens is 310 g/mol. The van der Waals surface area contributed by atoms with Crippen molar-refractivity contribution in [1.82, 2.24) is 4.98 Å². The Morgan fingerprint density at radius 3 is 2.65 bits per heavy atom. The summed E-state index contributed by atoms with van der Waals surface area (Å²) in [4.78, 5) is 17.0. The van der Waals surface area contributed by atoms with Crippen molar-refractivity contribution in [3.8, 4) is 0 Å². The summed E-state index contributed by atoms with van der Waals surface area (Å²) < 4.78 is 0. The molecule has 0 bridgehead atoms. The minimum absolute atomic E-state index is 0.00808. The van der Waals surface area contributed by atoms with Crippen molar-refractivity contribution in [2.75, 3.05) is 0 Å². The van der Waals surface area contributed by atoms with Gasteiger partial charge >= 0.3 is 0 Å². The van der Waals surface area contributed by atoms with Crippen molar-refractivity contribution >= 4 is 28.3 Å². The van der Waals surface area contributed by atoms with Gasteiger partial charge in [-0.25, -0.2) is 0 Å². The molecule has 1 aromatic carbocycles. The van der Waals surface area contributed by atoms with E-state index < -0.39 is 5.60 Å². The Hall–Kier alpha value is -1.45. The lowest BCUT2D eigenvalue weighted by Crippen LogP contribution is -2.28. The molecule has 0 spiro atoms. The minimum atomic E-state index is -0.693. The van der Waals surface area contributed by atoms with E-state index >= 15 is 0 Å². The zero-order valence-corrected chi connectivity index (χ0v) is 14.0. The van der Waals surface area contributed by atoms with Gasteiger partial charge in [-0.1, -0.05) is 43.4 Å². The first kappa shape index (κ1) is 16.4. The van der Waals surface area contributed by atoms with Gasteiger partial charge < -0.3 is 5.11 Å². The van der Waals surface area contributed by atoms with Crippen LogP contribution >= 0.6 is 11.6 Å². The highest BCUT2D eigenvalue weighted by Crippen LogP contribution is 2.33. The van der Waals surface area contributed by atoms with Crippen LogP contribution in [0.1, 0.15) is 61.7 Å². The smallest absolute Gasteiger partial charge is 0.165 e. The number of fused-ring (bicyclic) bond motifs is 1. The van der Waals surface area contributed by atoms with Gasteiger partial charge in [0, 0.05) is 23.6 Å². The van der Waals surface area contributed by atoms with Crippen molar-refractivity contribution in [2.24, 2.45) is 0 Å². The monoisotopic (exact) mass is 331 g/mol. The summed E-state index contributed by atoms with van der Waals surface area (Å²) >= 11 is 6.27. The van der Waals surface area contributed by atoms with Gasteiger partial charge in [0.15, 0.2) is 5.78 Å². The first-order chi connectivity index (χ1) is 11.1. The van der Waals surface area contributed by atoms with E-state index in [1.165, 1.54) is 12.8 Å². The summed E-state index contributed by atoms with van der Waals surface area (Å²) in [7, 11) is 0. The molecule has 0 amide bonds. The van der Waals surface area contributed by atoms with Crippen LogP contribution in [0.25, 0.3) is 10.9 Å². The SMILES string of the molecule is O=C(CCC1(O)CCCCCC1)c1c(Cl)ccc2ncccc12. The number of carbonyl (C=O) groups is 1. The predicted octanol–water partition coefficient (Wildman–Crippen LogP) is 4.94. The number of rotatable bonds is 4. The Morgan fingerprint density at radius 1 is 1.17 bits per heavy atom. The maximum absolute atomic E-state index is 12.7. The van der Waals surface area contributed by atoms with E-state index in [0.717, 1.165) is 36.6 Å². The van der Waals surface area contributed by atoms with Gasteiger partial charge in [-0.3, -0.25) is 9.78 Å². The molecule has 1 N–H and O–H groups in total. The van der Waals surface area contributed by atoms with Crippen LogP contribution in [0.15, 0.2) is 30.5 Å². The van der Waals surface area contributed by atoms with Gasteiger partial charge in [0.1, 0.15) is 0 Å². The van der Waals surface area contributed by atoms with Crippen LogP contribution in [0.4, 0.5) is 0 Å². The zero-order valence-electron chi connectivity index (χ0n) is 13.2. The van der Waals surface area contributed by atoms with Crippen LogP contribution < -0.4 is 0 Å². The number of aliphatic hydroxyl groups is 1. The molecule has 1 fully saturated rings. The lowest BCUT2D eigenvalue weighted by Gasteiger charge is -2.26. The van der Waals surface area contributed by atoms with Gasteiger partial charge in [0.2, 0.25) is 0 Å². The molecule has 1 aliphatic carbocycles. The maximum atomic E-state index is 12.7. The van der Waals surface area contributed by atoms with Crippen LogP contribution in [-0.4, -0.2) is 21.5 Å². The molecular formula is C19H22ClNO2. The third-order valence-electron chi connectivity index (χ3n) is 4.86. The Kier molecular flexibility index (Phi) is 4.98. The second-order valence-electron chi connectivity index (χ2n) is 6.55. The van der Waals surface area contributed by atoms with E-state index in [2.05, 4.69) is 4.98 Å². The van der Waals surface area contributed by atoms with Gasteiger partial charge in [0.25, 0.3) is 0 Å². The number of ketones is 1. The summed E-state index contributed by atoms with van der Waals surface area (Å²) in [5, 5.41) is 12.0. The normalized spacial score (nSPS) is 17.8. The Balaban J connectivity index is 1.79. The summed E-state index contributed by atoms with van der Waals surface area (Å²) in [6, 6.07) is 7.24. The van der Waals surface area contributed by atoms with Gasteiger partial charge in [-0.15, -0.1) is 0 Å². The number of nitrogens with zero attached hydrogens (tertiary/aromatic N) is 1. The molecule has 3 nitrogen and oxygen atoms in total. The average molecular weight is 332 g/mol. The fourth-order valence-corrected chi connectivity index (χ4v) is 3.79. The van der Waals surface area contributed by atoms with Crippen LogP contribution in [0.2, 0.25) is 5.02 Å². The summed E-state index contributed by atoms with van der Waals surface area (Å²) in [5.74, 6) is -0.00808. The number of hydrogen-bond donors (Lipinski definition) is 1. The predicted molar refractivity (Wildman–Crippen MR) is 93.0 cm³/mol. The van der Waals surface area contributed by atoms with E-state index in [4.69, 9.17) is 11.6 Å². The van der Waals surface area contributed by atoms with Gasteiger partial charge in [0.05, 0.1) is 16.1 Å². The number of benzene rings is 1. The first-order valence-electron chi connectivity index (χ1n) is 8.38. The molecule has 0 unspecified atom stereocenters. The number of pyridine rings is 1. The first-order valence-corrected chi connectivity index (χ1v) is 8.76. The summed E-state index contributed by atoms with van der Waals surface area (Å²) in [6.07, 6.45) is 8.58. The van der Waals surface area contributed by atoms with Crippen molar-refractivity contribution in [3.63, 3.8) is 0 Å². The second-order valence-corrected chi connectivity index (χ2v) is 6.96. The molecule has 0 atom stereocenters. The standard InChI is InChI=1S/C19H22ClNO2/c20-15-7-8-16-14(6-5-13-21-16)18(15)17(22)9-12-19(23)10-3-1-2-4-11-19/h5-8,13,23H,1-4,9-12H2. The van der Waals surface area contributed by atoms with Crippen molar-refractivity contribution in [1.29, 1.82) is 0 Å². The van der Waals surface area contributed by atoms with Crippen LogP contribution in [0, 0.1) is 0 Å². The number of Topliss-reactive ketones (excluding diaryl/α,β-unsaturated/α-hetero) is 1. The fraction of sp³-hybridized carbons (Fsp3) is 0.474. The number of aromatic nitrogens is 1. The summed E-state index contributed by atoms with van der Waals surface area (Å²) in [6.45, 7) is 0. The lowest BCUT2D eigenvalue weighted by molar-refractivity contribution is 0.0148. The highest BCUT2D eigenvalue weighted by atomic mass is 35.5. The Morgan fingerprint density at radius 2 is 1.91 bits per heavy atom. The van der Waals surface area contributed by atoms with E-state index in [1.54, 1.807) is 12.3 Å². The molecule has 0 aliphatic heterocycles. The molecule has 0 radical (unpaired) electrons. The number of hydrogen-bond acceptors (Lipinski definition) is 3. The van der Waals surface area contributed by atoms with Crippen LogP contribution in [0.5, 0.6) is 0 Å². The maximum Gasteiger partial charge on any atom is 0.165 e. The largest absolute Gasteiger partial charge is 0.390 e. The molecule has 0 saturated heterocycles. The van der Waals surface area contributed by atoms with Crippen LogP contribution in [-0.2, 0) is 0 Å². The molecule has 4 heteroatoms. The quantitative estimate of drug-likeness (QED) is 0.638. The molecule has 1 saturated carbocycles. The molecule has 1 heterocycles. The fourth-order valence-electron chi connectivity index (χ4n) is 3.52. The van der Waals surface area contributed by atoms with Crippen molar-refractivity contribution in [2.45, 2.75) is 57.0 Å². The molecule has 1 aromatic heterocycles. The highest BCUT2D eigenvalue weighted by molar-refractivity contribution is 6.35. The van der Waals surface area contributed by atoms with E-state index in [0.29, 0.717) is 23.4 Å². The molecule has 3 rings (SSSR count). The zero-order chi connectivity index (χ0) is 16.3. The Labute approximate surface area is 141 Å². The van der Waals surface area contributed by atoms with Crippen molar-refractivity contribution in [3.05, 3.63) is 41.0 Å². The third kappa shape index (κ3) is 3.73. The number of halogens is 1. The molecule has 1 aliphatic rings. The second kappa shape index (κ2) is 6.98.